The Balaban J connectivity index is 1.64. The van der Waals surface area contributed by atoms with E-state index in [2.05, 4.69) is 11.4 Å². The van der Waals surface area contributed by atoms with Gasteiger partial charge in [0.15, 0.2) is 0 Å². The Morgan fingerprint density at radius 1 is 1.21 bits per heavy atom. The second-order valence-electron chi connectivity index (χ2n) is 7.28. The molecule has 126 valence electrons. The highest BCUT2D eigenvalue weighted by molar-refractivity contribution is 5.91. The Morgan fingerprint density at radius 3 is 2.75 bits per heavy atom. The van der Waals surface area contributed by atoms with Gasteiger partial charge in [-0.15, -0.1) is 0 Å². The molecule has 0 radical (unpaired) electrons. The predicted molar refractivity (Wildman–Crippen MR) is 91.8 cm³/mol. The lowest BCUT2D eigenvalue weighted by Gasteiger charge is -2.46. The van der Waals surface area contributed by atoms with Crippen LogP contribution in [0.1, 0.15) is 50.5 Å². The Bertz CT molecular complexity index is 678. The molecule has 4 nitrogen and oxygen atoms in total. The number of allylic oxidation sites excluding steroid dienone is 1. The molecule has 1 aromatic rings. The fourth-order valence-electron chi connectivity index (χ4n) is 4.01. The molecule has 0 bridgehead atoms. The number of benzene rings is 1. The standard InChI is InChI=1S/C20H24N2O2/c23-18-11-13-20(19(24)21-16-9-10-16)12-5-4-8-17(20)22(18)14-15-6-2-1-3-7-15/h1-3,6-8,16H,4-5,9-14H2,(H,21,24). The SMILES string of the molecule is O=C1CCC2(C(=O)NC3CC3)CCCC=C2N1Cc1ccccc1. The number of carbonyl (C=O) groups excluding carboxylic acids is 2. The zero-order chi connectivity index (χ0) is 16.6. The van der Waals surface area contributed by atoms with Crippen molar-refractivity contribution in [3.05, 3.63) is 47.7 Å². The molecule has 2 aliphatic carbocycles. The van der Waals surface area contributed by atoms with Crippen molar-refractivity contribution in [3.8, 4) is 0 Å². The highest BCUT2D eigenvalue weighted by atomic mass is 16.2. The summed E-state index contributed by atoms with van der Waals surface area (Å²) in [6.07, 6.45) is 8.26. The summed E-state index contributed by atoms with van der Waals surface area (Å²) in [7, 11) is 0. The zero-order valence-corrected chi connectivity index (χ0v) is 14.0. The molecule has 1 N–H and O–H groups in total. The fraction of sp³-hybridized carbons (Fsp3) is 0.500. The molecule has 24 heavy (non-hydrogen) atoms. The number of piperidine rings is 1. The second kappa shape index (κ2) is 6.08. The first-order valence-corrected chi connectivity index (χ1v) is 9.05. The van der Waals surface area contributed by atoms with Crippen LogP contribution in [0.4, 0.5) is 0 Å². The number of rotatable bonds is 4. The third kappa shape index (κ3) is 2.74. The monoisotopic (exact) mass is 324 g/mol. The van der Waals surface area contributed by atoms with Gasteiger partial charge in [0.1, 0.15) is 0 Å². The van der Waals surface area contributed by atoms with Crippen molar-refractivity contribution in [2.75, 3.05) is 0 Å². The summed E-state index contributed by atoms with van der Waals surface area (Å²) in [5.74, 6) is 0.281. The topological polar surface area (TPSA) is 49.4 Å². The van der Waals surface area contributed by atoms with Crippen LogP contribution >= 0.6 is 0 Å². The van der Waals surface area contributed by atoms with Crippen LogP contribution in [0.2, 0.25) is 0 Å². The normalized spacial score (nSPS) is 26.6. The molecule has 4 heteroatoms. The van der Waals surface area contributed by atoms with Crippen LogP contribution in [0.25, 0.3) is 0 Å². The summed E-state index contributed by atoms with van der Waals surface area (Å²) < 4.78 is 0. The van der Waals surface area contributed by atoms with E-state index in [-0.39, 0.29) is 11.8 Å². The summed E-state index contributed by atoms with van der Waals surface area (Å²) in [5, 5.41) is 3.20. The van der Waals surface area contributed by atoms with Gasteiger partial charge in [0.2, 0.25) is 11.8 Å². The van der Waals surface area contributed by atoms with Crippen molar-refractivity contribution in [3.63, 3.8) is 0 Å². The third-order valence-electron chi connectivity index (χ3n) is 5.52. The van der Waals surface area contributed by atoms with Gasteiger partial charge in [-0.25, -0.2) is 0 Å². The van der Waals surface area contributed by atoms with Crippen molar-refractivity contribution in [1.29, 1.82) is 0 Å². The van der Waals surface area contributed by atoms with E-state index in [4.69, 9.17) is 0 Å². The number of nitrogens with zero attached hydrogens (tertiary/aromatic N) is 1. The smallest absolute Gasteiger partial charge is 0.232 e. The average Bonchev–Trinajstić information content (AvgIpc) is 3.42. The van der Waals surface area contributed by atoms with Gasteiger partial charge in [-0.05, 0) is 44.1 Å². The number of amides is 2. The van der Waals surface area contributed by atoms with Crippen molar-refractivity contribution in [2.24, 2.45) is 5.41 Å². The minimum atomic E-state index is -0.496. The van der Waals surface area contributed by atoms with Crippen LogP contribution < -0.4 is 5.32 Å². The van der Waals surface area contributed by atoms with Crippen LogP contribution in [-0.2, 0) is 16.1 Å². The van der Waals surface area contributed by atoms with Gasteiger partial charge in [-0.3, -0.25) is 9.59 Å². The molecule has 1 aromatic carbocycles. The number of likely N-dealkylation sites (tertiary alicyclic amines) is 1. The highest BCUT2D eigenvalue weighted by Gasteiger charge is 2.50. The molecule has 1 saturated heterocycles. The fourth-order valence-corrected chi connectivity index (χ4v) is 4.01. The van der Waals surface area contributed by atoms with Gasteiger partial charge in [0, 0.05) is 18.2 Å². The van der Waals surface area contributed by atoms with Crippen LogP contribution in [0.5, 0.6) is 0 Å². The van der Waals surface area contributed by atoms with E-state index >= 15 is 0 Å². The largest absolute Gasteiger partial charge is 0.353 e. The van der Waals surface area contributed by atoms with E-state index in [0.717, 1.165) is 43.4 Å². The average molecular weight is 324 g/mol. The Hall–Kier alpha value is -2.10. The summed E-state index contributed by atoms with van der Waals surface area (Å²) in [4.78, 5) is 27.5. The van der Waals surface area contributed by atoms with Gasteiger partial charge in [-0.1, -0.05) is 36.4 Å². The van der Waals surface area contributed by atoms with E-state index in [9.17, 15) is 9.59 Å². The molecule has 1 atom stereocenters. The van der Waals surface area contributed by atoms with E-state index < -0.39 is 5.41 Å². The van der Waals surface area contributed by atoms with E-state index in [1.807, 2.05) is 35.2 Å². The third-order valence-corrected chi connectivity index (χ3v) is 5.52. The lowest BCUT2D eigenvalue weighted by atomic mass is 9.69. The molecule has 1 unspecified atom stereocenters. The summed E-state index contributed by atoms with van der Waals surface area (Å²) in [5.41, 5.74) is 1.56. The minimum Gasteiger partial charge on any atom is -0.353 e. The van der Waals surface area contributed by atoms with Gasteiger partial charge < -0.3 is 10.2 Å². The minimum absolute atomic E-state index is 0.140. The van der Waals surface area contributed by atoms with Gasteiger partial charge in [-0.2, -0.15) is 0 Å². The van der Waals surface area contributed by atoms with Crippen molar-refractivity contribution < 1.29 is 9.59 Å². The van der Waals surface area contributed by atoms with Crippen molar-refractivity contribution >= 4 is 11.8 Å². The molecule has 1 aliphatic heterocycles. The van der Waals surface area contributed by atoms with E-state index in [1.54, 1.807) is 0 Å². The number of hydrogen-bond donors (Lipinski definition) is 1. The Kier molecular flexibility index (Phi) is 3.91. The Morgan fingerprint density at radius 2 is 2.00 bits per heavy atom. The summed E-state index contributed by atoms with van der Waals surface area (Å²) >= 11 is 0. The zero-order valence-electron chi connectivity index (χ0n) is 14.0. The van der Waals surface area contributed by atoms with Crippen LogP contribution in [0.15, 0.2) is 42.1 Å². The van der Waals surface area contributed by atoms with E-state index in [0.29, 0.717) is 25.4 Å². The number of fused-ring (bicyclic) bond motifs is 1. The van der Waals surface area contributed by atoms with Crippen molar-refractivity contribution in [2.45, 2.75) is 57.5 Å². The Labute approximate surface area is 142 Å². The molecule has 1 heterocycles. The highest BCUT2D eigenvalue weighted by Crippen LogP contribution is 2.47. The lowest BCUT2D eigenvalue weighted by molar-refractivity contribution is -0.141. The molecular weight excluding hydrogens is 300 g/mol. The molecule has 0 spiro atoms. The first-order valence-electron chi connectivity index (χ1n) is 9.05. The maximum absolute atomic E-state index is 13.0. The molecule has 3 aliphatic rings. The molecule has 4 rings (SSSR count). The van der Waals surface area contributed by atoms with E-state index in [1.165, 1.54) is 0 Å². The molecular formula is C20H24N2O2. The molecule has 0 aromatic heterocycles. The quantitative estimate of drug-likeness (QED) is 0.925. The lowest BCUT2D eigenvalue weighted by Crippen LogP contribution is -2.53. The summed E-state index contributed by atoms with van der Waals surface area (Å²) in [6, 6.07) is 10.4. The maximum atomic E-state index is 13.0. The molecule has 2 amide bonds. The van der Waals surface area contributed by atoms with Crippen LogP contribution in [0, 0.1) is 5.41 Å². The number of nitrogens with one attached hydrogen (secondary N) is 1. The van der Waals surface area contributed by atoms with Gasteiger partial charge in [0.05, 0.1) is 12.0 Å². The molecule has 2 fully saturated rings. The van der Waals surface area contributed by atoms with Gasteiger partial charge >= 0.3 is 0 Å². The maximum Gasteiger partial charge on any atom is 0.232 e. The van der Waals surface area contributed by atoms with Crippen molar-refractivity contribution in [1.82, 2.24) is 10.2 Å². The van der Waals surface area contributed by atoms with Gasteiger partial charge in [0.25, 0.3) is 0 Å². The first kappa shape index (κ1) is 15.4. The molecule has 1 saturated carbocycles. The second-order valence-corrected chi connectivity index (χ2v) is 7.28. The van der Waals surface area contributed by atoms with Crippen LogP contribution in [0.3, 0.4) is 0 Å². The predicted octanol–water partition coefficient (Wildman–Crippen LogP) is 3.14. The first-order chi connectivity index (χ1) is 11.7. The number of carbonyl (C=O) groups is 2. The summed E-state index contributed by atoms with van der Waals surface area (Å²) in [6.45, 7) is 0.559. The number of hydrogen-bond acceptors (Lipinski definition) is 2. The van der Waals surface area contributed by atoms with Crippen LogP contribution in [-0.4, -0.2) is 22.8 Å².